The predicted octanol–water partition coefficient (Wildman–Crippen LogP) is 3.23. The molecule has 0 aliphatic carbocycles. The van der Waals surface area contributed by atoms with Crippen LogP contribution in [0.25, 0.3) is 0 Å². The average Bonchev–Trinajstić information content (AvgIpc) is 2.65. The van der Waals surface area contributed by atoms with Crippen molar-refractivity contribution in [1.82, 2.24) is 5.32 Å². The minimum absolute atomic E-state index is 0.194. The maximum atomic E-state index is 12.0. The summed E-state index contributed by atoms with van der Waals surface area (Å²) in [4.78, 5) is 23.2. The van der Waals surface area contributed by atoms with Crippen LogP contribution in [-0.4, -0.2) is 25.8 Å². The largest absolute Gasteiger partial charge is 0.482 e. The minimum atomic E-state index is -0.529. The van der Waals surface area contributed by atoms with E-state index in [1.54, 1.807) is 12.1 Å². The van der Waals surface area contributed by atoms with Gasteiger partial charge in [-0.25, -0.2) is 9.59 Å². The third kappa shape index (κ3) is 5.84. The van der Waals surface area contributed by atoms with E-state index in [4.69, 9.17) is 9.47 Å². The molecule has 0 bridgehead atoms. The zero-order chi connectivity index (χ0) is 18.1. The summed E-state index contributed by atoms with van der Waals surface area (Å²) in [5.74, 6) is 0.0291. The van der Waals surface area contributed by atoms with Crippen molar-refractivity contribution in [2.24, 2.45) is 0 Å². The smallest absolute Gasteiger partial charge is 0.407 e. The van der Waals surface area contributed by atoms with Crippen molar-refractivity contribution < 1.29 is 23.8 Å². The molecule has 25 heavy (non-hydrogen) atoms. The number of benzene rings is 2. The monoisotopic (exact) mass is 343 g/mol. The fourth-order valence-corrected chi connectivity index (χ4v) is 2.18. The maximum absolute atomic E-state index is 12.0. The molecule has 2 aromatic carbocycles. The number of nitrogens with one attached hydrogen (secondary N) is 1. The molecule has 1 amide bonds. The van der Waals surface area contributed by atoms with E-state index < -0.39 is 12.1 Å². The Morgan fingerprint density at radius 2 is 1.72 bits per heavy atom. The summed E-state index contributed by atoms with van der Waals surface area (Å²) in [6, 6.07) is 16.2. The second-order valence-electron chi connectivity index (χ2n) is 5.33. The molecule has 1 atom stereocenters. The summed E-state index contributed by atoms with van der Waals surface area (Å²) >= 11 is 0. The molecular formula is C19H21NO5. The fraction of sp³-hybridized carbons (Fsp3) is 0.263. The van der Waals surface area contributed by atoms with Gasteiger partial charge in [0.2, 0.25) is 0 Å². The Morgan fingerprint density at radius 3 is 2.44 bits per heavy atom. The predicted molar refractivity (Wildman–Crippen MR) is 92.1 cm³/mol. The van der Waals surface area contributed by atoms with Gasteiger partial charge in [-0.2, -0.15) is 0 Å². The molecule has 0 spiro atoms. The Labute approximate surface area is 146 Å². The first-order chi connectivity index (χ1) is 12.1. The lowest BCUT2D eigenvalue weighted by molar-refractivity contribution is -0.142. The highest BCUT2D eigenvalue weighted by Gasteiger charge is 2.15. The van der Waals surface area contributed by atoms with Crippen molar-refractivity contribution in [2.75, 3.05) is 13.7 Å². The molecule has 6 nitrogen and oxygen atoms in total. The third-order valence-corrected chi connectivity index (χ3v) is 3.51. The van der Waals surface area contributed by atoms with Gasteiger partial charge in [-0.15, -0.1) is 0 Å². The number of methoxy groups -OCH3 is 1. The highest BCUT2D eigenvalue weighted by Crippen LogP contribution is 2.25. The number of ether oxygens (including phenoxy) is 3. The summed E-state index contributed by atoms with van der Waals surface area (Å²) in [5, 5.41) is 2.75. The molecule has 6 heteroatoms. The lowest BCUT2D eigenvalue weighted by Crippen LogP contribution is -2.27. The Kier molecular flexibility index (Phi) is 6.83. The standard InChI is InChI=1S/C19H21NO5/c1-14(20-19(22)25-12-15-8-4-3-5-9-15)16-10-6-7-11-17(16)24-13-18(21)23-2/h3-11,14H,12-13H2,1-2H3,(H,20,22). The molecule has 132 valence electrons. The Balaban J connectivity index is 1.92. The highest BCUT2D eigenvalue weighted by molar-refractivity contribution is 5.71. The normalized spacial score (nSPS) is 11.3. The number of hydrogen-bond donors (Lipinski definition) is 1. The van der Waals surface area contributed by atoms with Crippen LogP contribution >= 0.6 is 0 Å². The number of alkyl carbamates (subject to hydrolysis) is 1. The van der Waals surface area contributed by atoms with E-state index in [2.05, 4.69) is 10.1 Å². The van der Waals surface area contributed by atoms with Crippen molar-refractivity contribution in [2.45, 2.75) is 19.6 Å². The second-order valence-corrected chi connectivity index (χ2v) is 5.33. The quantitative estimate of drug-likeness (QED) is 0.781. The van der Waals surface area contributed by atoms with Crippen molar-refractivity contribution in [3.05, 3.63) is 65.7 Å². The van der Waals surface area contributed by atoms with Crippen molar-refractivity contribution >= 4 is 12.1 Å². The first-order valence-electron chi connectivity index (χ1n) is 7.86. The van der Waals surface area contributed by atoms with Crippen LogP contribution in [0.3, 0.4) is 0 Å². The van der Waals surface area contributed by atoms with Gasteiger partial charge in [0.1, 0.15) is 12.4 Å². The molecule has 0 saturated heterocycles. The lowest BCUT2D eigenvalue weighted by Gasteiger charge is -2.18. The van der Waals surface area contributed by atoms with Gasteiger partial charge in [-0.3, -0.25) is 0 Å². The molecule has 0 heterocycles. The van der Waals surface area contributed by atoms with E-state index >= 15 is 0 Å². The van der Waals surface area contributed by atoms with Crippen LogP contribution in [0.15, 0.2) is 54.6 Å². The second kappa shape index (κ2) is 9.32. The summed E-state index contributed by atoms with van der Waals surface area (Å²) in [5.41, 5.74) is 1.65. The number of carbonyl (C=O) groups excluding carboxylic acids is 2. The van der Waals surface area contributed by atoms with Crippen LogP contribution in [0, 0.1) is 0 Å². The fourth-order valence-electron chi connectivity index (χ4n) is 2.18. The van der Waals surface area contributed by atoms with Gasteiger partial charge in [0.25, 0.3) is 0 Å². The van der Waals surface area contributed by atoms with E-state index in [-0.39, 0.29) is 19.3 Å². The Morgan fingerprint density at radius 1 is 1.04 bits per heavy atom. The molecule has 1 N–H and O–H groups in total. The molecule has 2 aromatic rings. The van der Waals surface area contributed by atoms with Gasteiger partial charge in [0.15, 0.2) is 6.61 Å². The van der Waals surface area contributed by atoms with Crippen molar-refractivity contribution in [3.63, 3.8) is 0 Å². The molecule has 0 aromatic heterocycles. The summed E-state index contributed by atoms with van der Waals surface area (Å²) in [6.45, 7) is 1.81. The van der Waals surface area contributed by atoms with Gasteiger partial charge >= 0.3 is 12.1 Å². The number of carbonyl (C=O) groups is 2. The summed E-state index contributed by atoms with van der Waals surface area (Å²) < 4.78 is 15.2. The number of rotatable bonds is 7. The van der Waals surface area contributed by atoms with E-state index in [9.17, 15) is 9.59 Å². The summed E-state index contributed by atoms with van der Waals surface area (Å²) in [6.07, 6.45) is -0.529. The molecule has 1 unspecified atom stereocenters. The van der Waals surface area contributed by atoms with Crippen LogP contribution in [0.4, 0.5) is 4.79 Å². The van der Waals surface area contributed by atoms with Crippen LogP contribution in [0.5, 0.6) is 5.75 Å². The minimum Gasteiger partial charge on any atom is -0.482 e. The molecule has 0 aliphatic rings. The van der Waals surface area contributed by atoms with Crippen LogP contribution < -0.4 is 10.1 Å². The maximum Gasteiger partial charge on any atom is 0.407 e. The molecule has 0 radical (unpaired) electrons. The van der Waals surface area contributed by atoms with Crippen LogP contribution in [-0.2, 0) is 20.9 Å². The first kappa shape index (κ1) is 18.3. The van der Waals surface area contributed by atoms with Crippen molar-refractivity contribution in [1.29, 1.82) is 0 Å². The zero-order valence-corrected chi connectivity index (χ0v) is 14.2. The van der Waals surface area contributed by atoms with E-state index in [0.717, 1.165) is 11.1 Å². The Hall–Kier alpha value is -3.02. The molecule has 0 fully saturated rings. The van der Waals surface area contributed by atoms with Crippen LogP contribution in [0.1, 0.15) is 24.1 Å². The van der Waals surface area contributed by atoms with E-state index in [1.165, 1.54) is 7.11 Å². The van der Waals surface area contributed by atoms with Gasteiger partial charge in [0.05, 0.1) is 13.2 Å². The summed E-state index contributed by atoms with van der Waals surface area (Å²) in [7, 11) is 1.30. The van der Waals surface area contributed by atoms with Gasteiger partial charge < -0.3 is 19.5 Å². The van der Waals surface area contributed by atoms with Crippen molar-refractivity contribution in [3.8, 4) is 5.75 Å². The van der Waals surface area contributed by atoms with E-state index in [0.29, 0.717) is 5.75 Å². The molecule has 0 aliphatic heterocycles. The highest BCUT2D eigenvalue weighted by atomic mass is 16.6. The SMILES string of the molecule is COC(=O)COc1ccccc1C(C)NC(=O)OCc1ccccc1. The average molecular weight is 343 g/mol. The Bertz CT molecular complexity index is 702. The lowest BCUT2D eigenvalue weighted by atomic mass is 10.1. The zero-order valence-electron chi connectivity index (χ0n) is 14.2. The number of para-hydroxylation sites is 1. The van der Waals surface area contributed by atoms with Gasteiger partial charge in [-0.1, -0.05) is 48.5 Å². The van der Waals surface area contributed by atoms with Gasteiger partial charge in [0, 0.05) is 5.56 Å². The number of esters is 1. The molecular weight excluding hydrogens is 322 g/mol. The topological polar surface area (TPSA) is 73.9 Å². The van der Waals surface area contributed by atoms with Crippen LogP contribution in [0.2, 0.25) is 0 Å². The number of hydrogen-bond acceptors (Lipinski definition) is 5. The van der Waals surface area contributed by atoms with Gasteiger partial charge in [-0.05, 0) is 18.6 Å². The molecule has 0 saturated carbocycles. The molecule has 2 rings (SSSR count). The third-order valence-electron chi connectivity index (χ3n) is 3.51. The van der Waals surface area contributed by atoms with E-state index in [1.807, 2.05) is 49.4 Å². The number of amides is 1. The first-order valence-corrected chi connectivity index (χ1v) is 7.86.